The van der Waals surface area contributed by atoms with Crippen LogP contribution >= 0.6 is 0 Å². The van der Waals surface area contributed by atoms with Crippen LogP contribution in [0.2, 0.25) is 0 Å². The average Bonchev–Trinajstić information content (AvgIpc) is 3.19. The zero-order valence-electron chi connectivity index (χ0n) is 19.7. The highest BCUT2D eigenvalue weighted by atomic mass is 19.4. The molecule has 0 amide bonds. The van der Waals surface area contributed by atoms with Gasteiger partial charge < -0.3 is 15.8 Å². The second kappa shape index (κ2) is 9.86. The first-order valence-corrected chi connectivity index (χ1v) is 11.4. The van der Waals surface area contributed by atoms with Gasteiger partial charge in [0.25, 0.3) is 0 Å². The normalized spacial score (nSPS) is 21.6. The van der Waals surface area contributed by atoms with E-state index in [1.807, 2.05) is 30.3 Å². The van der Waals surface area contributed by atoms with Gasteiger partial charge in [0.1, 0.15) is 0 Å². The number of nitrogens with one attached hydrogen (secondary N) is 2. The smallest absolute Gasteiger partial charge is 0.372 e. The molecule has 4 rings (SSSR count). The van der Waals surface area contributed by atoms with Crippen LogP contribution in [0.25, 0.3) is 0 Å². The highest BCUT2D eigenvalue weighted by Gasteiger charge is 2.40. The van der Waals surface area contributed by atoms with Gasteiger partial charge in [-0.1, -0.05) is 30.3 Å². The minimum Gasteiger partial charge on any atom is -0.372 e. The van der Waals surface area contributed by atoms with Crippen molar-refractivity contribution < 1.29 is 31.1 Å². The minimum absolute atomic E-state index is 0.0406. The molecule has 0 radical (unpaired) electrons. The van der Waals surface area contributed by atoms with Crippen molar-refractivity contribution >= 4 is 5.95 Å². The predicted octanol–water partition coefficient (Wildman–Crippen LogP) is 4.79. The summed E-state index contributed by atoms with van der Waals surface area (Å²) in [6.07, 6.45) is -10.0. The fourth-order valence-electron chi connectivity index (χ4n) is 4.59. The van der Waals surface area contributed by atoms with E-state index in [0.29, 0.717) is 31.5 Å². The summed E-state index contributed by atoms with van der Waals surface area (Å²) in [7, 11) is 0. The van der Waals surface area contributed by atoms with E-state index in [9.17, 15) is 31.1 Å². The summed E-state index contributed by atoms with van der Waals surface area (Å²) in [5.41, 5.74) is 2.35. The maximum atomic E-state index is 13.3. The summed E-state index contributed by atoms with van der Waals surface area (Å²) in [5.74, 6) is 0.0406. The van der Waals surface area contributed by atoms with Crippen LogP contribution in [0.15, 0.2) is 53.3 Å². The van der Waals surface area contributed by atoms with E-state index in [4.69, 9.17) is 10.5 Å². The number of aromatic nitrogens is 3. The molecule has 13 heteroatoms. The van der Waals surface area contributed by atoms with E-state index in [-0.39, 0.29) is 30.2 Å². The topological polar surface area (TPSA) is 98.0 Å². The zero-order valence-corrected chi connectivity index (χ0v) is 19.7. The molecule has 3 atom stereocenters. The first-order valence-electron chi connectivity index (χ1n) is 11.4. The van der Waals surface area contributed by atoms with Gasteiger partial charge in [-0.05, 0) is 49.1 Å². The fraction of sp³-hybridized carbons (Fsp3) is 0.417. The number of nitrogen functional groups attached to an aromatic ring is 1. The molecule has 1 aromatic heterocycles. The summed E-state index contributed by atoms with van der Waals surface area (Å²) < 4.78 is 87.1. The van der Waals surface area contributed by atoms with Crippen molar-refractivity contribution in [3.05, 3.63) is 81.3 Å². The Labute approximate surface area is 207 Å². The Morgan fingerprint density at radius 1 is 1.11 bits per heavy atom. The maximum absolute atomic E-state index is 13.3. The number of piperidine rings is 1. The van der Waals surface area contributed by atoms with E-state index in [2.05, 4.69) is 15.5 Å². The Morgan fingerprint density at radius 2 is 1.73 bits per heavy atom. The fourth-order valence-corrected chi connectivity index (χ4v) is 4.59. The highest BCUT2D eigenvalue weighted by Crippen LogP contribution is 2.39. The lowest BCUT2D eigenvalue weighted by molar-refractivity contribution is -0.143. The highest BCUT2D eigenvalue weighted by molar-refractivity contribution is 5.35. The summed E-state index contributed by atoms with van der Waals surface area (Å²) >= 11 is 0. The van der Waals surface area contributed by atoms with Crippen LogP contribution in [0.3, 0.4) is 0 Å². The molecule has 0 aliphatic carbocycles. The maximum Gasteiger partial charge on any atom is 0.416 e. The number of H-pyrrole nitrogens is 1. The zero-order chi connectivity index (χ0) is 27.0. The molecule has 2 heterocycles. The second-order valence-corrected chi connectivity index (χ2v) is 9.07. The molecule has 1 unspecified atom stereocenters. The van der Waals surface area contributed by atoms with Crippen molar-refractivity contribution in [2.45, 2.75) is 49.8 Å². The Morgan fingerprint density at radius 3 is 2.22 bits per heavy atom. The molecule has 2 aromatic carbocycles. The van der Waals surface area contributed by atoms with Gasteiger partial charge in [0.2, 0.25) is 5.95 Å². The number of hydrogen-bond donors (Lipinski definition) is 3. The number of benzene rings is 2. The first kappa shape index (κ1) is 26.7. The molecular weight excluding hydrogens is 504 g/mol. The van der Waals surface area contributed by atoms with Crippen molar-refractivity contribution in [1.29, 1.82) is 0 Å². The number of nitrogens with zero attached hydrogens (tertiary/aromatic N) is 2. The third-order valence-corrected chi connectivity index (χ3v) is 6.66. The molecule has 37 heavy (non-hydrogen) atoms. The Kier molecular flexibility index (Phi) is 7.12. The molecule has 4 N–H and O–H groups in total. The third kappa shape index (κ3) is 5.67. The van der Waals surface area contributed by atoms with Crippen LogP contribution in [0.5, 0.6) is 0 Å². The van der Waals surface area contributed by atoms with Crippen LogP contribution in [0, 0.1) is 0 Å². The van der Waals surface area contributed by atoms with Crippen LogP contribution in [0.1, 0.15) is 54.2 Å². The van der Waals surface area contributed by atoms with Gasteiger partial charge in [-0.15, -0.1) is 5.10 Å². The van der Waals surface area contributed by atoms with E-state index in [1.54, 1.807) is 0 Å². The SMILES string of the molecule is CC(OC[C@@]1(c2ccccc2)CC[C@@H](n2c(N)n[nH]c2=O)CN1)c1cc(C(F)(F)F)cc(C(F)(F)F)c1. The lowest BCUT2D eigenvalue weighted by Crippen LogP contribution is -2.53. The number of alkyl halides is 6. The molecule has 200 valence electrons. The molecule has 0 bridgehead atoms. The quantitative estimate of drug-likeness (QED) is 0.399. The molecule has 1 aliphatic heterocycles. The first-order chi connectivity index (χ1) is 17.3. The van der Waals surface area contributed by atoms with Crippen LogP contribution in [-0.4, -0.2) is 27.9 Å². The number of aromatic amines is 1. The molecule has 7 nitrogen and oxygen atoms in total. The molecular formula is C24H25F6N5O2. The molecule has 0 saturated carbocycles. The summed E-state index contributed by atoms with van der Waals surface area (Å²) in [6, 6.07) is 10.3. The van der Waals surface area contributed by atoms with Gasteiger partial charge in [0, 0.05) is 6.54 Å². The monoisotopic (exact) mass is 529 g/mol. The second-order valence-electron chi connectivity index (χ2n) is 9.07. The van der Waals surface area contributed by atoms with E-state index >= 15 is 0 Å². The number of ether oxygens (including phenoxy) is 1. The van der Waals surface area contributed by atoms with Crippen molar-refractivity contribution in [3.63, 3.8) is 0 Å². The van der Waals surface area contributed by atoms with Gasteiger partial charge in [-0.25, -0.2) is 9.89 Å². The van der Waals surface area contributed by atoms with Crippen molar-refractivity contribution in [2.24, 2.45) is 0 Å². The van der Waals surface area contributed by atoms with Crippen LogP contribution in [-0.2, 0) is 22.6 Å². The lowest BCUT2D eigenvalue weighted by Gasteiger charge is -2.42. The Balaban J connectivity index is 1.59. The Hall–Kier alpha value is -3.32. The Bertz CT molecular complexity index is 1250. The van der Waals surface area contributed by atoms with Crippen molar-refractivity contribution in [1.82, 2.24) is 20.1 Å². The van der Waals surface area contributed by atoms with E-state index in [0.717, 1.165) is 5.56 Å². The number of nitrogens with two attached hydrogens (primary N) is 1. The van der Waals surface area contributed by atoms with Crippen molar-refractivity contribution in [2.75, 3.05) is 18.9 Å². The predicted molar refractivity (Wildman–Crippen MR) is 122 cm³/mol. The average molecular weight is 529 g/mol. The van der Waals surface area contributed by atoms with E-state index in [1.165, 1.54) is 11.5 Å². The number of rotatable bonds is 6. The van der Waals surface area contributed by atoms with Gasteiger partial charge in [-0.3, -0.25) is 4.57 Å². The number of hydrogen-bond acceptors (Lipinski definition) is 5. The van der Waals surface area contributed by atoms with Crippen LogP contribution < -0.4 is 16.7 Å². The summed E-state index contributed by atoms with van der Waals surface area (Å²) in [6.45, 7) is 1.67. The molecule has 1 fully saturated rings. The molecule has 1 saturated heterocycles. The van der Waals surface area contributed by atoms with Gasteiger partial charge in [0.05, 0.1) is 35.4 Å². The molecule has 1 aliphatic rings. The lowest BCUT2D eigenvalue weighted by atomic mass is 9.81. The van der Waals surface area contributed by atoms with Gasteiger partial charge >= 0.3 is 18.0 Å². The van der Waals surface area contributed by atoms with E-state index < -0.39 is 40.8 Å². The van der Waals surface area contributed by atoms with Gasteiger partial charge in [-0.2, -0.15) is 26.3 Å². The number of anilines is 1. The number of halogens is 6. The summed E-state index contributed by atoms with van der Waals surface area (Å²) in [5, 5.41) is 9.39. The van der Waals surface area contributed by atoms with Crippen LogP contribution in [0.4, 0.5) is 32.3 Å². The minimum atomic E-state index is -4.95. The van der Waals surface area contributed by atoms with Gasteiger partial charge in [0.15, 0.2) is 0 Å². The summed E-state index contributed by atoms with van der Waals surface area (Å²) in [4.78, 5) is 12.1. The third-order valence-electron chi connectivity index (χ3n) is 6.66. The molecule has 3 aromatic rings. The standard InChI is InChI=1S/C24H25F6N5O2/c1-14(15-9-17(23(25,26)27)11-18(10-15)24(28,29)30)37-13-22(16-5-3-2-4-6-16)8-7-19(12-32-22)35-20(31)33-34-21(35)36/h2-6,9-11,14,19,32H,7-8,12-13H2,1H3,(H2,31,33)(H,34,36)/t14?,19-,22-/m1/s1. The largest absolute Gasteiger partial charge is 0.416 e. The molecule has 0 spiro atoms. The van der Waals surface area contributed by atoms with Crippen molar-refractivity contribution in [3.8, 4) is 0 Å².